The smallest absolute Gasteiger partial charge is 0.312 e. The van der Waals surface area contributed by atoms with Gasteiger partial charge >= 0.3 is 5.69 Å². The Morgan fingerprint density at radius 1 is 1.27 bits per heavy atom. The lowest BCUT2D eigenvalue weighted by molar-refractivity contribution is -0.386. The molecule has 0 bridgehead atoms. The molecule has 2 aromatic rings. The Hall–Kier alpha value is -2.33. The van der Waals surface area contributed by atoms with Gasteiger partial charge in [0.25, 0.3) is 0 Å². The number of nitro groups is 1. The highest BCUT2D eigenvalue weighted by molar-refractivity contribution is 7.09. The zero-order chi connectivity index (χ0) is 18.8. The maximum Gasteiger partial charge on any atom is 0.312 e. The Labute approximate surface area is 155 Å². The third-order valence-corrected chi connectivity index (χ3v) is 5.41. The molecule has 0 atom stereocenters. The quantitative estimate of drug-likeness (QED) is 0.578. The van der Waals surface area contributed by atoms with Crippen molar-refractivity contribution in [2.75, 3.05) is 26.2 Å². The van der Waals surface area contributed by atoms with Crippen molar-refractivity contribution in [1.29, 1.82) is 0 Å². The lowest BCUT2D eigenvalue weighted by Gasteiger charge is -2.34. The maximum atomic E-state index is 12.5. The number of aromatic nitrogens is 3. The number of nitrogens with zero attached hydrogens (tertiary/aromatic N) is 6. The van der Waals surface area contributed by atoms with E-state index in [9.17, 15) is 14.9 Å². The molecule has 0 radical (unpaired) electrons. The number of thiazole rings is 1. The number of aryl methyl sites for hydroxylation is 2. The van der Waals surface area contributed by atoms with Crippen molar-refractivity contribution in [2.24, 2.45) is 0 Å². The van der Waals surface area contributed by atoms with Crippen molar-refractivity contribution < 1.29 is 9.72 Å². The first-order valence-corrected chi connectivity index (χ1v) is 9.32. The van der Waals surface area contributed by atoms with Crippen LogP contribution in [0.3, 0.4) is 0 Å². The fourth-order valence-corrected chi connectivity index (χ4v) is 3.80. The van der Waals surface area contributed by atoms with E-state index >= 15 is 0 Å². The Bertz CT molecular complexity index is 822. The summed E-state index contributed by atoms with van der Waals surface area (Å²) in [6.45, 7) is 8.91. The van der Waals surface area contributed by atoms with Crippen LogP contribution in [-0.4, -0.2) is 61.6 Å². The van der Waals surface area contributed by atoms with E-state index in [0.29, 0.717) is 24.5 Å². The molecule has 0 N–H and O–H groups in total. The van der Waals surface area contributed by atoms with Crippen LogP contribution in [-0.2, 0) is 17.9 Å². The number of hydrogen-bond acceptors (Lipinski definition) is 7. The number of carbonyl (C=O) groups excluding carboxylic acids is 1. The van der Waals surface area contributed by atoms with E-state index in [-0.39, 0.29) is 18.1 Å². The van der Waals surface area contributed by atoms with Crippen LogP contribution in [0, 0.1) is 30.9 Å². The van der Waals surface area contributed by atoms with Crippen molar-refractivity contribution in [1.82, 2.24) is 24.6 Å². The molecule has 2 aromatic heterocycles. The molecule has 9 nitrogen and oxygen atoms in total. The number of piperazine rings is 1. The molecule has 0 aliphatic carbocycles. The summed E-state index contributed by atoms with van der Waals surface area (Å²) in [7, 11) is 0. The van der Waals surface area contributed by atoms with Crippen LogP contribution in [0.4, 0.5) is 5.69 Å². The second-order valence-corrected chi connectivity index (χ2v) is 7.51. The van der Waals surface area contributed by atoms with Gasteiger partial charge in [0.2, 0.25) is 5.91 Å². The van der Waals surface area contributed by atoms with Gasteiger partial charge in [-0.1, -0.05) is 0 Å². The zero-order valence-corrected chi connectivity index (χ0v) is 16.0. The van der Waals surface area contributed by atoms with E-state index in [2.05, 4.69) is 20.4 Å². The molecule has 10 heteroatoms. The summed E-state index contributed by atoms with van der Waals surface area (Å²) < 4.78 is 1.43. The fourth-order valence-electron chi connectivity index (χ4n) is 3.20. The van der Waals surface area contributed by atoms with Crippen LogP contribution in [0.15, 0.2) is 5.38 Å². The highest BCUT2D eigenvalue weighted by Crippen LogP contribution is 2.22. The van der Waals surface area contributed by atoms with Gasteiger partial charge in [-0.05, 0) is 20.8 Å². The molecule has 1 fully saturated rings. The summed E-state index contributed by atoms with van der Waals surface area (Å²) in [6.07, 6.45) is 0. The minimum absolute atomic E-state index is 0.0128. The number of rotatable bonds is 5. The molecule has 0 unspecified atom stereocenters. The van der Waals surface area contributed by atoms with Crippen LogP contribution in [0.25, 0.3) is 0 Å². The summed E-state index contributed by atoms with van der Waals surface area (Å²) in [5, 5.41) is 18.4. The molecule has 1 aliphatic rings. The normalized spacial score (nSPS) is 15.4. The largest absolute Gasteiger partial charge is 0.339 e. The minimum atomic E-state index is -0.447. The van der Waals surface area contributed by atoms with Gasteiger partial charge in [-0.2, -0.15) is 5.10 Å². The Morgan fingerprint density at radius 2 is 1.96 bits per heavy atom. The highest BCUT2D eigenvalue weighted by atomic mass is 32.1. The molecule has 1 amide bonds. The van der Waals surface area contributed by atoms with Gasteiger partial charge in [0, 0.05) is 38.1 Å². The first kappa shape index (κ1) is 18.5. The second-order valence-electron chi connectivity index (χ2n) is 6.45. The van der Waals surface area contributed by atoms with Crippen LogP contribution >= 0.6 is 11.3 Å². The molecule has 0 spiro atoms. The molecule has 3 rings (SSSR count). The van der Waals surface area contributed by atoms with E-state index in [1.807, 2.05) is 6.92 Å². The van der Waals surface area contributed by atoms with E-state index < -0.39 is 4.92 Å². The standard InChI is InChI=1S/C16H22N6O3S/c1-11-16(22(24)25)12(2)21(18-11)9-15(23)20-6-4-19(5-7-20)8-14-10-26-13(3)17-14/h10H,4-9H2,1-3H3. The average Bonchev–Trinajstić information content (AvgIpc) is 3.11. The van der Waals surface area contributed by atoms with E-state index in [0.717, 1.165) is 30.3 Å². The van der Waals surface area contributed by atoms with Crippen molar-refractivity contribution >= 4 is 22.9 Å². The number of carbonyl (C=O) groups is 1. The maximum absolute atomic E-state index is 12.5. The Kier molecular flexibility index (Phi) is 5.33. The first-order valence-electron chi connectivity index (χ1n) is 8.44. The lowest BCUT2D eigenvalue weighted by Crippen LogP contribution is -2.49. The van der Waals surface area contributed by atoms with Gasteiger partial charge in [0.15, 0.2) is 0 Å². The molecule has 3 heterocycles. The topological polar surface area (TPSA) is 97.4 Å². The van der Waals surface area contributed by atoms with Crippen molar-refractivity contribution in [3.05, 3.63) is 37.6 Å². The Morgan fingerprint density at radius 3 is 2.50 bits per heavy atom. The summed E-state index contributed by atoms with van der Waals surface area (Å²) in [5.74, 6) is -0.0605. The number of hydrogen-bond donors (Lipinski definition) is 0. The van der Waals surface area contributed by atoms with Gasteiger partial charge in [0.05, 0.1) is 15.6 Å². The molecular weight excluding hydrogens is 356 g/mol. The van der Waals surface area contributed by atoms with Crippen molar-refractivity contribution in [3.8, 4) is 0 Å². The monoisotopic (exact) mass is 378 g/mol. The van der Waals surface area contributed by atoms with E-state index in [1.54, 1.807) is 30.1 Å². The summed E-state index contributed by atoms with van der Waals surface area (Å²) in [5.41, 5.74) is 1.81. The molecule has 26 heavy (non-hydrogen) atoms. The third-order valence-electron chi connectivity index (χ3n) is 4.59. The molecule has 1 aliphatic heterocycles. The Balaban J connectivity index is 1.55. The molecular formula is C16H22N6O3S. The van der Waals surface area contributed by atoms with Gasteiger partial charge in [0.1, 0.15) is 17.9 Å². The van der Waals surface area contributed by atoms with Crippen LogP contribution in [0.1, 0.15) is 22.1 Å². The summed E-state index contributed by atoms with van der Waals surface area (Å²) in [4.78, 5) is 31.7. The van der Waals surface area contributed by atoms with Crippen molar-refractivity contribution in [2.45, 2.75) is 33.9 Å². The lowest BCUT2D eigenvalue weighted by atomic mass is 10.3. The third kappa shape index (κ3) is 3.91. The van der Waals surface area contributed by atoms with Crippen molar-refractivity contribution in [3.63, 3.8) is 0 Å². The van der Waals surface area contributed by atoms with Crippen LogP contribution in [0.5, 0.6) is 0 Å². The van der Waals surface area contributed by atoms with E-state index in [4.69, 9.17) is 0 Å². The summed E-state index contributed by atoms with van der Waals surface area (Å²) in [6, 6.07) is 0. The van der Waals surface area contributed by atoms with Crippen LogP contribution in [0.2, 0.25) is 0 Å². The summed E-state index contributed by atoms with van der Waals surface area (Å²) >= 11 is 1.65. The fraction of sp³-hybridized carbons (Fsp3) is 0.562. The predicted molar refractivity (Wildman–Crippen MR) is 97.1 cm³/mol. The molecule has 1 saturated heterocycles. The van der Waals surface area contributed by atoms with Crippen LogP contribution < -0.4 is 0 Å². The van der Waals surface area contributed by atoms with Gasteiger partial charge < -0.3 is 4.90 Å². The minimum Gasteiger partial charge on any atom is -0.339 e. The first-order chi connectivity index (χ1) is 12.3. The highest BCUT2D eigenvalue weighted by Gasteiger charge is 2.26. The number of amides is 1. The average molecular weight is 378 g/mol. The molecule has 0 aromatic carbocycles. The second kappa shape index (κ2) is 7.50. The van der Waals surface area contributed by atoms with E-state index in [1.165, 1.54) is 4.68 Å². The molecule has 140 valence electrons. The van der Waals surface area contributed by atoms with Gasteiger partial charge in [-0.3, -0.25) is 24.5 Å². The van der Waals surface area contributed by atoms with Gasteiger partial charge in [-0.15, -0.1) is 11.3 Å². The predicted octanol–water partition coefficient (Wildman–Crippen LogP) is 1.52. The zero-order valence-electron chi connectivity index (χ0n) is 15.1. The molecule has 0 saturated carbocycles. The SMILES string of the molecule is Cc1nc(CN2CCN(C(=O)Cn3nc(C)c([N+](=O)[O-])c3C)CC2)cs1. The van der Waals surface area contributed by atoms with Gasteiger partial charge in [-0.25, -0.2) is 4.98 Å².